The van der Waals surface area contributed by atoms with E-state index in [-0.39, 0.29) is 18.3 Å². The Labute approximate surface area is 174 Å². The quantitative estimate of drug-likeness (QED) is 0.582. The van der Waals surface area contributed by atoms with Crippen molar-refractivity contribution < 1.29 is 14.3 Å². The number of hydrogen-bond acceptors (Lipinski definition) is 5. The molecule has 1 aromatic heterocycles. The normalized spacial score (nSPS) is 11.5. The van der Waals surface area contributed by atoms with E-state index in [9.17, 15) is 9.59 Å². The monoisotopic (exact) mass is 406 g/mol. The molecule has 5 nitrogen and oxygen atoms in total. The van der Waals surface area contributed by atoms with Crippen LogP contribution in [-0.2, 0) is 9.53 Å². The standard InChI is InChI=1S/C23H22N2O3S/c1-16-6-8-17(9-7-16)20(15-22(26)28-2)25-23(27)18-10-12-19(13-11-18)29-21-5-3-4-14-24-21/h3-14,20H,15H2,1-2H3,(H,25,27). The summed E-state index contributed by atoms with van der Waals surface area (Å²) in [5.41, 5.74) is 2.49. The molecule has 29 heavy (non-hydrogen) atoms. The molecule has 0 saturated heterocycles. The Morgan fingerprint density at radius 3 is 2.38 bits per heavy atom. The molecule has 1 N–H and O–H groups in total. The number of amides is 1. The van der Waals surface area contributed by atoms with Crippen molar-refractivity contribution in [2.75, 3.05) is 7.11 Å². The second-order valence-electron chi connectivity index (χ2n) is 6.51. The zero-order valence-corrected chi connectivity index (χ0v) is 17.1. The fourth-order valence-electron chi connectivity index (χ4n) is 2.75. The SMILES string of the molecule is COC(=O)CC(NC(=O)c1ccc(Sc2ccccn2)cc1)c1ccc(C)cc1. The molecule has 0 aliphatic heterocycles. The third-order valence-corrected chi connectivity index (χ3v) is 5.32. The molecule has 148 valence electrons. The van der Waals surface area contributed by atoms with Gasteiger partial charge in [-0.15, -0.1) is 0 Å². The smallest absolute Gasteiger partial charge is 0.307 e. The highest BCUT2D eigenvalue weighted by Crippen LogP contribution is 2.26. The second kappa shape index (κ2) is 9.89. The summed E-state index contributed by atoms with van der Waals surface area (Å²) in [5, 5.41) is 3.84. The van der Waals surface area contributed by atoms with Crippen molar-refractivity contribution in [3.8, 4) is 0 Å². The summed E-state index contributed by atoms with van der Waals surface area (Å²) in [4.78, 5) is 29.8. The minimum atomic E-state index is -0.460. The molecule has 0 saturated carbocycles. The number of nitrogens with one attached hydrogen (secondary N) is 1. The van der Waals surface area contributed by atoms with Crippen LogP contribution in [-0.4, -0.2) is 24.0 Å². The van der Waals surface area contributed by atoms with Crippen LogP contribution in [0.15, 0.2) is 82.8 Å². The Kier molecular flexibility index (Phi) is 7.03. The molecule has 0 spiro atoms. The Balaban J connectivity index is 1.71. The number of rotatable bonds is 7. The highest BCUT2D eigenvalue weighted by Gasteiger charge is 2.19. The van der Waals surface area contributed by atoms with E-state index in [0.717, 1.165) is 21.0 Å². The van der Waals surface area contributed by atoms with Crippen LogP contribution in [0, 0.1) is 6.92 Å². The molecule has 0 aliphatic carbocycles. The van der Waals surface area contributed by atoms with Crippen molar-refractivity contribution in [2.24, 2.45) is 0 Å². The van der Waals surface area contributed by atoms with Crippen molar-refractivity contribution in [3.63, 3.8) is 0 Å². The molecule has 1 heterocycles. The first-order valence-electron chi connectivity index (χ1n) is 9.18. The number of esters is 1. The zero-order chi connectivity index (χ0) is 20.6. The van der Waals surface area contributed by atoms with Gasteiger partial charge in [0.25, 0.3) is 5.91 Å². The number of methoxy groups -OCH3 is 1. The maximum absolute atomic E-state index is 12.8. The average molecular weight is 407 g/mol. The van der Waals surface area contributed by atoms with Gasteiger partial charge in [-0.05, 0) is 48.9 Å². The van der Waals surface area contributed by atoms with Crippen molar-refractivity contribution >= 4 is 23.6 Å². The van der Waals surface area contributed by atoms with Crippen molar-refractivity contribution in [3.05, 3.63) is 89.6 Å². The predicted octanol–water partition coefficient (Wildman–Crippen LogP) is 4.58. The van der Waals surface area contributed by atoms with Crippen LogP contribution >= 0.6 is 11.8 Å². The summed E-state index contributed by atoms with van der Waals surface area (Å²) in [7, 11) is 1.34. The molecule has 0 aliphatic rings. The fourth-order valence-corrected chi connectivity index (χ4v) is 3.52. The van der Waals surface area contributed by atoms with E-state index in [1.807, 2.05) is 61.5 Å². The lowest BCUT2D eigenvalue weighted by Gasteiger charge is -2.18. The highest BCUT2D eigenvalue weighted by molar-refractivity contribution is 7.99. The third-order valence-electron chi connectivity index (χ3n) is 4.36. The fraction of sp³-hybridized carbons (Fsp3) is 0.174. The second-order valence-corrected chi connectivity index (χ2v) is 7.61. The molecule has 0 bridgehead atoms. The van der Waals surface area contributed by atoms with Gasteiger partial charge in [0.15, 0.2) is 0 Å². The first-order chi connectivity index (χ1) is 14.0. The van der Waals surface area contributed by atoms with Crippen LogP contribution in [0.1, 0.15) is 33.9 Å². The van der Waals surface area contributed by atoms with Gasteiger partial charge in [-0.3, -0.25) is 9.59 Å². The minimum absolute atomic E-state index is 0.0684. The molecule has 3 aromatic rings. The van der Waals surface area contributed by atoms with E-state index in [1.165, 1.54) is 18.9 Å². The van der Waals surface area contributed by atoms with Gasteiger partial charge in [0.05, 0.1) is 19.6 Å². The van der Waals surface area contributed by atoms with Crippen LogP contribution in [0.3, 0.4) is 0 Å². The van der Waals surface area contributed by atoms with Crippen LogP contribution in [0.5, 0.6) is 0 Å². The summed E-state index contributed by atoms with van der Waals surface area (Å²) in [5.74, 6) is -0.619. The number of nitrogens with zero attached hydrogens (tertiary/aromatic N) is 1. The van der Waals surface area contributed by atoms with E-state index in [2.05, 4.69) is 10.3 Å². The number of ether oxygens (including phenoxy) is 1. The predicted molar refractivity (Wildman–Crippen MR) is 113 cm³/mol. The molecule has 3 rings (SSSR count). The molecular formula is C23H22N2O3S. The van der Waals surface area contributed by atoms with Crippen LogP contribution in [0.4, 0.5) is 0 Å². The lowest BCUT2D eigenvalue weighted by Crippen LogP contribution is -2.30. The van der Waals surface area contributed by atoms with Crippen LogP contribution < -0.4 is 5.32 Å². The van der Waals surface area contributed by atoms with Gasteiger partial charge in [0.1, 0.15) is 5.03 Å². The summed E-state index contributed by atoms with van der Waals surface area (Å²) >= 11 is 1.53. The first-order valence-corrected chi connectivity index (χ1v) is 10.00. The van der Waals surface area contributed by atoms with E-state index < -0.39 is 6.04 Å². The van der Waals surface area contributed by atoms with E-state index in [1.54, 1.807) is 18.3 Å². The number of pyridine rings is 1. The molecule has 6 heteroatoms. The maximum Gasteiger partial charge on any atom is 0.307 e. The average Bonchev–Trinajstić information content (AvgIpc) is 2.75. The highest BCUT2D eigenvalue weighted by atomic mass is 32.2. The van der Waals surface area contributed by atoms with E-state index >= 15 is 0 Å². The topological polar surface area (TPSA) is 68.3 Å². The summed E-state index contributed by atoms with van der Waals surface area (Å²) < 4.78 is 4.79. The van der Waals surface area contributed by atoms with E-state index in [4.69, 9.17) is 4.74 Å². The third kappa shape index (κ3) is 5.93. The zero-order valence-electron chi connectivity index (χ0n) is 16.3. The van der Waals surface area contributed by atoms with Gasteiger partial charge in [-0.2, -0.15) is 0 Å². The van der Waals surface area contributed by atoms with Gasteiger partial charge < -0.3 is 10.1 Å². The number of aryl methyl sites for hydroxylation is 1. The van der Waals surface area contributed by atoms with Crippen molar-refractivity contribution in [1.82, 2.24) is 10.3 Å². The van der Waals surface area contributed by atoms with Gasteiger partial charge in [0.2, 0.25) is 0 Å². The van der Waals surface area contributed by atoms with Gasteiger partial charge >= 0.3 is 5.97 Å². The van der Waals surface area contributed by atoms with Gasteiger partial charge in [0, 0.05) is 16.7 Å². The molecule has 2 aromatic carbocycles. The Bertz CT molecular complexity index is 958. The van der Waals surface area contributed by atoms with Crippen LogP contribution in [0.25, 0.3) is 0 Å². The number of aromatic nitrogens is 1. The molecule has 1 unspecified atom stereocenters. The number of carbonyl (C=O) groups is 2. The van der Waals surface area contributed by atoms with Gasteiger partial charge in [-0.1, -0.05) is 47.7 Å². The van der Waals surface area contributed by atoms with Gasteiger partial charge in [-0.25, -0.2) is 4.98 Å². The Morgan fingerprint density at radius 1 is 1.03 bits per heavy atom. The number of carbonyl (C=O) groups excluding carboxylic acids is 2. The summed E-state index contributed by atoms with van der Waals surface area (Å²) in [6.45, 7) is 1.99. The summed E-state index contributed by atoms with van der Waals surface area (Å²) in [6.07, 6.45) is 1.82. The van der Waals surface area contributed by atoms with Crippen LogP contribution in [0.2, 0.25) is 0 Å². The molecular weight excluding hydrogens is 384 g/mol. The minimum Gasteiger partial charge on any atom is -0.469 e. The molecule has 0 fully saturated rings. The molecule has 1 atom stereocenters. The largest absolute Gasteiger partial charge is 0.469 e. The Hall–Kier alpha value is -3.12. The lowest BCUT2D eigenvalue weighted by atomic mass is 10.0. The maximum atomic E-state index is 12.8. The Morgan fingerprint density at radius 2 is 1.76 bits per heavy atom. The number of benzene rings is 2. The van der Waals surface area contributed by atoms with Crippen molar-refractivity contribution in [2.45, 2.75) is 29.3 Å². The van der Waals surface area contributed by atoms with Crippen molar-refractivity contribution in [1.29, 1.82) is 0 Å². The summed E-state index contributed by atoms with van der Waals surface area (Å²) in [6, 6.07) is 20.3. The first kappa shape index (κ1) is 20.6. The molecule has 1 amide bonds. The van der Waals surface area contributed by atoms with E-state index in [0.29, 0.717) is 5.56 Å². The molecule has 0 radical (unpaired) electrons. The number of hydrogen-bond donors (Lipinski definition) is 1. The lowest BCUT2D eigenvalue weighted by molar-refractivity contribution is -0.141.